The molecular formula is C19H13BrFIN4O3. The van der Waals surface area contributed by atoms with Gasteiger partial charge in [-0.2, -0.15) is 5.10 Å². The van der Waals surface area contributed by atoms with Crippen molar-refractivity contribution < 1.29 is 14.1 Å². The number of halogens is 3. The molecule has 10 heteroatoms. The number of benzene rings is 2. The molecule has 1 heterocycles. The van der Waals surface area contributed by atoms with Crippen molar-refractivity contribution >= 4 is 56.2 Å². The topological polar surface area (TPSA) is 89.7 Å². The predicted molar refractivity (Wildman–Crippen MR) is 120 cm³/mol. The van der Waals surface area contributed by atoms with Gasteiger partial charge in [-0.05, 0) is 68.3 Å². The summed E-state index contributed by atoms with van der Waals surface area (Å²) in [4.78, 5) is 14.0. The summed E-state index contributed by atoms with van der Waals surface area (Å²) >= 11 is 5.60. The Morgan fingerprint density at radius 3 is 2.76 bits per heavy atom. The second-order valence-corrected chi connectivity index (χ2v) is 7.74. The van der Waals surface area contributed by atoms with Crippen LogP contribution in [0, 0.1) is 19.5 Å². The Morgan fingerprint density at radius 2 is 2.10 bits per heavy atom. The molecule has 0 radical (unpaired) electrons. The fraction of sp³-hybridized carbons (Fsp3) is 0.0526. The first-order chi connectivity index (χ1) is 13.9. The fourth-order valence-corrected chi connectivity index (χ4v) is 4.06. The zero-order chi connectivity index (χ0) is 20.8. The number of hydrogen-bond acceptors (Lipinski definition) is 6. The van der Waals surface area contributed by atoms with E-state index >= 15 is 0 Å². The first-order valence-corrected chi connectivity index (χ1v) is 10.1. The summed E-state index contributed by atoms with van der Waals surface area (Å²) < 4.78 is 21.0. The van der Waals surface area contributed by atoms with Crippen LogP contribution in [0.2, 0.25) is 0 Å². The van der Waals surface area contributed by atoms with Crippen molar-refractivity contribution in [2.75, 3.05) is 5.43 Å². The molecule has 2 aromatic carbocycles. The van der Waals surface area contributed by atoms with E-state index in [-0.39, 0.29) is 18.1 Å². The third kappa shape index (κ3) is 5.70. The van der Waals surface area contributed by atoms with E-state index in [9.17, 15) is 14.5 Å². The Hall–Kier alpha value is -2.60. The van der Waals surface area contributed by atoms with Gasteiger partial charge in [0.15, 0.2) is 0 Å². The summed E-state index contributed by atoms with van der Waals surface area (Å²) in [5, 5.41) is 14.7. The largest absolute Gasteiger partial charge is 0.486 e. The quantitative estimate of drug-likeness (QED) is 0.175. The Kier molecular flexibility index (Phi) is 7.09. The number of anilines is 1. The molecule has 0 saturated carbocycles. The van der Waals surface area contributed by atoms with Crippen LogP contribution >= 0.6 is 38.5 Å². The van der Waals surface area contributed by atoms with Gasteiger partial charge in [-0.15, -0.1) is 0 Å². The Morgan fingerprint density at radius 1 is 1.31 bits per heavy atom. The summed E-state index contributed by atoms with van der Waals surface area (Å²) in [6.07, 6.45) is 2.73. The molecule has 0 aliphatic rings. The van der Waals surface area contributed by atoms with E-state index < -0.39 is 4.92 Å². The number of aromatic nitrogens is 1. The van der Waals surface area contributed by atoms with Crippen molar-refractivity contribution in [1.29, 1.82) is 0 Å². The number of rotatable bonds is 7. The molecule has 7 nitrogen and oxygen atoms in total. The molecule has 1 N–H and O–H groups in total. The number of nitro groups is 1. The zero-order valence-electron chi connectivity index (χ0n) is 14.7. The smallest absolute Gasteiger partial charge is 0.287 e. The molecule has 0 saturated heterocycles. The average molecular weight is 571 g/mol. The molecule has 3 rings (SSSR count). The van der Waals surface area contributed by atoms with Crippen LogP contribution in [-0.2, 0) is 6.61 Å². The Bertz CT molecular complexity index is 1040. The van der Waals surface area contributed by atoms with E-state index in [1.807, 2.05) is 12.1 Å². The van der Waals surface area contributed by atoms with Gasteiger partial charge in [0, 0.05) is 11.6 Å². The average Bonchev–Trinajstić information content (AvgIpc) is 2.69. The summed E-state index contributed by atoms with van der Waals surface area (Å²) in [5.41, 5.74) is 3.88. The summed E-state index contributed by atoms with van der Waals surface area (Å²) in [6.45, 7) is 0.113. The zero-order valence-corrected chi connectivity index (χ0v) is 18.4. The van der Waals surface area contributed by atoms with Gasteiger partial charge >= 0.3 is 0 Å². The maximum absolute atomic E-state index is 13.7. The number of hydrazone groups is 1. The molecule has 0 fully saturated rings. The molecule has 0 amide bonds. The van der Waals surface area contributed by atoms with Gasteiger partial charge in [-0.1, -0.05) is 18.2 Å². The molecule has 1 aromatic heterocycles. The molecular weight excluding hydrogens is 558 g/mol. The number of hydrogen-bond donors (Lipinski definition) is 1. The second kappa shape index (κ2) is 9.74. The molecule has 0 atom stereocenters. The normalized spacial score (nSPS) is 10.9. The van der Waals surface area contributed by atoms with Crippen LogP contribution in [0.3, 0.4) is 0 Å². The standard InChI is InChI=1S/C19H13BrFIN4O3/c20-15-7-12(9-24-25-18-6-5-14(10-23-18)26(27)28)8-17(22)19(15)29-11-13-3-1-2-4-16(13)21/h1-10H,11H2,(H,23,25)/b24-9+. The lowest BCUT2D eigenvalue weighted by Crippen LogP contribution is -2.01. The van der Waals surface area contributed by atoms with Crippen molar-refractivity contribution in [3.05, 3.63) is 89.8 Å². The Labute approximate surface area is 187 Å². The van der Waals surface area contributed by atoms with Crippen LogP contribution in [0.25, 0.3) is 0 Å². The molecule has 29 heavy (non-hydrogen) atoms. The van der Waals surface area contributed by atoms with E-state index in [4.69, 9.17) is 4.74 Å². The van der Waals surface area contributed by atoms with E-state index in [1.165, 1.54) is 18.2 Å². The van der Waals surface area contributed by atoms with E-state index in [1.54, 1.807) is 24.4 Å². The molecule has 0 bridgehead atoms. The minimum atomic E-state index is -0.519. The van der Waals surface area contributed by atoms with Gasteiger partial charge in [0.25, 0.3) is 5.69 Å². The van der Waals surface area contributed by atoms with Gasteiger partial charge in [-0.3, -0.25) is 15.5 Å². The third-order valence-electron chi connectivity index (χ3n) is 3.70. The summed E-state index contributed by atoms with van der Waals surface area (Å²) in [7, 11) is 0. The number of nitrogens with one attached hydrogen (secondary N) is 1. The highest BCUT2D eigenvalue weighted by molar-refractivity contribution is 14.1. The van der Waals surface area contributed by atoms with Crippen LogP contribution < -0.4 is 10.2 Å². The minimum Gasteiger partial charge on any atom is -0.486 e. The van der Waals surface area contributed by atoms with Gasteiger partial charge in [0.05, 0.1) is 19.2 Å². The highest BCUT2D eigenvalue weighted by Crippen LogP contribution is 2.32. The maximum Gasteiger partial charge on any atom is 0.287 e. The van der Waals surface area contributed by atoms with Crippen LogP contribution in [0.5, 0.6) is 5.75 Å². The molecule has 3 aromatic rings. The first-order valence-electron chi connectivity index (χ1n) is 8.19. The van der Waals surface area contributed by atoms with Crippen molar-refractivity contribution in [2.45, 2.75) is 6.61 Å². The van der Waals surface area contributed by atoms with Crippen LogP contribution in [0.1, 0.15) is 11.1 Å². The van der Waals surface area contributed by atoms with E-state index in [0.29, 0.717) is 21.6 Å². The lowest BCUT2D eigenvalue weighted by Gasteiger charge is -2.12. The SMILES string of the molecule is O=[N+]([O-])c1ccc(N/N=C/c2cc(Br)c(OCc3ccccc3F)c(I)c2)nc1. The van der Waals surface area contributed by atoms with Gasteiger partial charge in [0.1, 0.15) is 30.2 Å². The third-order valence-corrected chi connectivity index (χ3v) is 5.09. The molecule has 0 aliphatic heterocycles. The second-order valence-electron chi connectivity index (χ2n) is 5.72. The van der Waals surface area contributed by atoms with E-state index in [2.05, 4.69) is 54.0 Å². The first kappa shape index (κ1) is 21.1. The van der Waals surface area contributed by atoms with Crippen molar-refractivity contribution in [3.8, 4) is 5.75 Å². The number of ether oxygens (including phenoxy) is 1. The van der Waals surface area contributed by atoms with Crippen LogP contribution in [-0.4, -0.2) is 16.1 Å². The monoisotopic (exact) mass is 570 g/mol. The number of pyridine rings is 1. The fourth-order valence-electron chi connectivity index (χ4n) is 2.29. The Balaban J connectivity index is 1.66. The predicted octanol–water partition coefficient (Wildman–Crippen LogP) is 5.52. The lowest BCUT2D eigenvalue weighted by molar-refractivity contribution is -0.385. The van der Waals surface area contributed by atoms with Gasteiger partial charge < -0.3 is 4.74 Å². The minimum absolute atomic E-state index is 0.0935. The summed E-state index contributed by atoms with van der Waals surface area (Å²) in [6, 6.07) is 12.9. The van der Waals surface area contributed by atoms with Gasteiger partial charge in [0.2, 0.25) is 0 Å². The number of nitrogens with zero attached hydrogens (tertiary/aromatic N) is 3. The maximum atomic E-state index is 13.7. The van der Waals surface area contributed by atoms with E-state index in [0.717, 1.165) is 15.3 Å². The van der Waals surface area contributed by atoms with Crippen LogP contribution in [0.4, 0.5) is 15.9 Å². The highest BCUT2D eigenvalue weighted by atomic mass is 127. The molecule has 0 spiro atoms. The van der Waals surface area contributed by atoms with Gasteiger partial charge in [-0.25, -0.2) is 9.37 Å². The van der Waals surface area contributed by atoms with Crippen molar-refractivity contribution in [1.82, 2.24) is 4.98 Å². The lowest BCUT2D eigenvalue weighted by atomic mass is 10.2. The molecule has 148 valence electrons. The summed E-state index contributed by atoms with van der Waals surface area (Å²) in [5.74, 6) is 0.676. The van der Waals surface area contributed by atoms with Crippen molar-refractivity contribution in [2.24, 2.45) is 5.10 Å². The molecule has 0 unspecified atom stereocenters. The highest BCUT2D eigenvalue weighted by Gasteiger charge is 2.10. The molecule has 0 aliphatic carbocycles. The van der Waals surface area contributed by atoms with Crippen molar-refractivity contribution in [3.63, 3.8) is 0 Å². The van der Waals surface area contributed by atoms with Crippen LogP contribution in [0.15, 0.2) is 64.3 Å².